The van der Waals surface area contributed by atoms with E-state index < -0.39 is 0 Å². The summed E-state index contributed by atoms with van der Waals surface area (Å²) in [5, 5.41) is 7.75. The number of rotatable bonds is 12. The molecule has 2 N–H and O–H groups in total. The number of benzene rings is 11. The number of para-hydroxylation sites is 1. The zero-order valence-electron chi connectivity index (χ0n) is 52.2. The number of aliphatic imine (C=N–C) groups is 1. The predicted molar refractivity (Wildman–Crippen MR) is 403 cm³/mol. The predicted octanol–water partition coefficient (Wildman–Crippen LogP) is 22.6. The number of aromatic nitrogens is 4. The van der Waals surface area contributed by atoms with E-state index in [0.717, 1.165) is 96.9 Å². The Morgan fingerprint density at radius 1 is 0.526 bits per heavy atom. The molecule has 0 spiro atoms. The van der Waals surface area contributed by atoms with Crippen LogP contribution in [0.15, 0.2) is 307 Å². The van der Waals surface area contributed by atoms with Crippen molar-refractivity contribution in [3.8, 4) is 61.7 Å². The van der Waals surface area contributed by atoms with Crippen molar-refractivity contribution in [1.82, 2.24) is 19.1 Å². The fourth-order valence-corrected chi connectivity index (χ4v) is 17.5. The van der Waals surface area contributed by atoms with Crippen LogP contribution in [0.5, 0.6) is 0 Å². The number of fused-ring (bicyclic) bond motifs is 12. The number of nitrogens with zero attached hydrogens (tertiary/aromatic N) is 5. The summed E-state index contributed by atoms with van der Waals surface area (Å²) in [5.41, 5.74) is 30.9. The van der Waals surface area contributed by atoms with Crippen LogP contribution in [0.2, 0.25) is 0 Å². The first kappa shape index (κ1) is 56.6. The number of hydrogen-bond donors (Lipinski definition) is 1. The molecule has 18 rings (SSSR count). The van der Waals surface area contributed by atoms with Crippen LogP contribution in [0, 0.1) is 6.92 Å². The Morgan fingerprint density at radius 3 is 2.01 bits per heavy atom. The molecule has 0 amide bonds. The average Bonchev–Trinajstić information content (AvgIpc) is 1.61. The van der Waals surface area contributed by atoms with Gasteiger partial charge in [0.05, 0.1) is 39.2 Å². The van der Waals surface area contributed by atoms with Crippen molar-refractivity contribution in [3.63, 3.8) is 0 Å². The maximum absolute atomic E-state index is 6.75. The standard InChI is InChI=1S/C87H62N6S2/c1-54-83(57-25-10-4-11-26-57)90-87(58-27-12-5-13-28-58)91-84(54)63-29-18-30-64(47-63)93-79-46-42-62(65-33-19-35-71-69-32-15-17-38-81(69)94-85(65)71)49-74(79)68-43-39-59(50-80(68)93)60-40-44-70-72-36-20-34-66(86(72)95-82(70)51-60)61-41-45-78-73(48-61)67-31-14-16-37-77(67)92(78)53-89-76(56-23-8-3-9-24-56)52-75(88)55-21-6-2-7-22-55/h2-10,12-25,27-52,69,81H,11,26,53,88H2,1H3/b75-52-,89-76+. The van der Waals surface area contributed by atoms with Crippen LogP contribution in [0.1, 0.15) is 46.7 Å². The Hall–Kier alpha value is -11.2. The summed E-state index contributed by atoms with van der Waals surface area (Å²) in [6, 6.07) is 90.5. The molecule has 3 aliphatic rings. The molecule has 4 aromatic heterocycles. The van der Waals surface area contributed by atoms with Crippen LogP contribution in [-0.4, -0.2) is 30.1 Å². The van der Waals surface area contributed by atoms with Crippen molar-refractivity contribution in [1.29, 1.82) is 0 Å². The van der Waals surface area contributed by atoms with Gasteiger partial charge in [-0.1, -0.05) is 237 Å². The minimum atomic E-state index is 0.387. The SMILES string of the molecule is Cc1c(C2=CC=CCC2)nc(-c2ccccc2)nc1-c1cccc(-n2c3ccc(-c4cccc5c4SC4C=CC=CC54)cc3c3ccc(-c4ccc5c(c4)sc4c(-c6ccc7c(c6)c6ccccc6n7C/N=C(\C=C(/N)c6ccccc6)c6ccccc6)cccc45)cc32)c1. The summed E-state index contributed by atoms with van der Waals surface area (Å²) in [6.45, 7) is 2.62. The second-order valence-electron chi connectivity index (χ2n) is 25.0. The number of thioether (sulfide) groups is 1. The zero-order chi connectivity index (χ0) is 63.1. The Bertz CT molecular complexity index is 5820. The van der Waals surface area contributed by atoms with E-state index in [-0.39, 0.29) is 0 Å². The molecule has 6 nitrogen and oxygen atoms in total. The molecular weight excluding hydrogens is 1190 g/mol. The lowest BCUT2D eigenvalue weighted by Crippen LogP contribution is -2.06. The monoisotopic (exact) mass is 1250 g/mol. The van der Waals surface area contributed by atoms with Gasteiger partial charge in [0.2, 0.25) is 0 Å². The Labute approximate surface area is 559 Å². The van der Waals surface area contributed by atoms with E-state index in [2.05, 4.69) is 259 Å². The third kappa shape index (κ3) is 9.90. The zero-order valence-corrected chi connectivity index (χ0v) is 53.8. The molecule has 0 saturated carbocycles. The normalized spacial score (nSPS) is 15.4. The highest BCUT2D eigenvalue weighted by Crippen LogP contribution is 2.52. The van der Waals surface area contributed by atoms with E-state index in [1.807, 2.05) is 77.7 Å². The Balaban J connectivity index is 0.746. The Morgan fingerprint density at radius 2 is 1.18 bits per heavy atom. The van der Waals surface area contributed by atoms with E-state index >= 15 is 0 Å². The van der Waals surface area contributed by atoms with Crippen LogP contribution < -0.4 is 5.73 Å². The van der Waals surface area contributed by atoms with E-state index in [1.54, 1.807) is 0 Å². The lowest BCUT2D eigenvalue weighted by Gasteiger charge is -2.17. The molecule has 0 saturated heterocycles. The van der Waals surface area contributed by atoms with Gasteiger partial charge in [0, 0.05) is 85.9 Å². The molecule has 2 atom stereocenters. The topological polar surface area (TPSA) is 74.0 Å². The van der Waals surface area contributed by atoms with Gasteiger partial charge < -0.3 is 14.9 Å². The van der Waals surface area contributed by atoms with E-state index in [4.69, 9.17) is 20.7 Å². The van der Waals surface area contributed by atoms with Gasteiger partial charge in [-0.25, -0.2) is 9.97 Å². The van der Waals surface area contributed by atoms with Gasteiger partial charge in [-0.05, 0) is 136 Å². The molecule has 95 heavy (non-hydrogen) atoms. The van der Waals surface area contributed by atoms with Gasteiger partial charge in [0.25, 0.3) is 0 Å². The van der Waals surface area contributed by atoms with Crippen molar-refractivity contribution in [2.45, 2.75) is 42.5 Å². The second-order valence-corrected chi connectivity index (χ2v) is 27.3. The molecule has 0 bridgehead atoms. The molecule has 0 radical (unpaired) electrons. The van der Waals surface area contributed by atoms with Gasteiger partial charge >= 0.3 is 0 Å². The molecule has 0 fully saturated rings. The van der Waals surface area contributed by atoms with Crippen molar-refractivity contribution in [2.24, 2.45) is 10.7 Å². The highest BCUT2D eigenvalue weighted by Gasteiger charge is 2.33. The van der Waals surface area contributed by atoms with Crippen molar-refractivity contribution >= 4 is 104 Å². The third-order valence-corrected chi connectivity index (χ3v) is 22.1. The lowest BCUT2D eigenvalue weighted by atomic mass is 9.90. The fraction of sp³-hybridized carbons (Fsp3) is 0.0690. The molecular formula is C87H62N6S2. The first-order valence-electron chi connectivity index (χ1n) is 32.7. The molecule has 2 unspecified atom stereocenters. The van der Waals surface area contributed by atoms with E-state index in [9.17, 15) is 0 Å². The van der Waals surface area contributed by atoms with Crippen molar-refractivity contribution in [3.05, 3.63) is 325 Å². The number of allylic oxidation sites excluding steroid dienone is 8. The van der Waals surface area contributed by atoms with Gasteiger partial charge in [-0.2, -0.15) is 0 Å². The fourth-order valence-electron chi connectivity index (χ4n) is 14.8. The molecule has 452 valence electrons. The number of nitrogens with two attached hydrogens (primary N) is 1. The quantitative estimate of drug-likeness (QED) is 0.124. The minimum absolute atomic E-state index is 0.387. The number of thiophene rings is 1. The average molecular weight is 1260 g/mol. The summed E-state index contributed by atoms with van der Waals surface area (Å²) in [6.07, 6.45) is 19.7. The molecule has 15 aromatic rings. The van der Waals surface area contributed by atoms with Crippen LogP contribution in [0.25, 0.3) is 137 Å². The lowest BCUT2D eigenvalue weighted by molar-refractivity contribution is 0.793. The van der Waals surface area contributed by atoms with Crippen molar-refractivity contribution in [2.75, 3.05) is 0 Å². The maximum Gasteiger partial charge on any atom is 0.160 e. The van der Waals surface area contributed by atoms with Crippen molar-refractivity contribution < 1.29 is 0 Å². The molecule has 11 aromatic carbocycles. The molecule has 8 heteroatoms. The van der Waals surface area contributed by atoms with Crippen LogP contribution in [-0.2, 0) is 6.67 Å². The molecule has 2 aliphatic carbocycles. The van der Waals surface area contributed by atoms with E-state index in [0.29, 0.717) is 23.5 Å². The van der Waals surface area contributed by atoms with Gasteiger partial charge in [0.15, 0.2) is 5.82 Å². The van der Waals surface area contributed by atoms with Crippen LogP contribution in [0.4, 0.5) is 0 Å². The highest BCUT2D eigenvalue weighted by atomic mass is 32.2. The summed E-state index contributed by atoms with van der Waals surface area (Å²) in [4.78, 5) is 17.4. The summed E-state index contributed by atoms with van der Waals surface area (Å²) in [7, 11) is 0. The highest BCUT2D eigenvalue weighted by molar-refractivity contribution is 8.00. The minimum Gasteiger partial charge on any atom is -0.398 e. The maximum atomic E-state index is 6.75. The molecule has 1 aliphatic heterocycles. The second kappa shape index (κ2) is 23.4. The van der Waals surface area contributed by atoms with Crippen LogP contribution >= 0.6 is 23.1 Å². The number of hydrogen-bond acceptors (Lipinski definition) is 6. The largest absolute Gasteiger partial charge is 0.398 e. The molecule has 5 heterocycles. The summed E-state index contributed by atoms with van der Waals surface area (Å²) in [5.74, 6) is 1.12. The summed E-state index contributed by atoms with van der Waals surface area (Å²) < 4.78 is 7.34. The van der Waals surface area contributed by atoms with E-state index in [1.165, 1.54) is 85.6 Å². The van der Waals surface area contributed by atoms with Gasteiger partial charge in [0.1, 0.15) is 6.67 Å². The third-order valence-electron chi connectivity index (χ3n) is 19.5. The summed E-state index contributed by atoms with van der Waals surface area (Å²) >= 11 is 3.88. The van der Waals surface area contributed by atoms with Crippen LogP contribution in [0.3, 0.4) is 0 Å². The van der Waals surface area contributed by atoms with Gasteiger partial charge in [-0.3, -0.25) is 4.99 Å². The first-order valence-corrected chi connectivity index (χ1v) is 34.4. The smallest absolute Gasteiger partial charge is 0.160 e. The Kier molecular flexibility index (Phi) is 14.0. The van der Waals surface area contributed by atoms with Gasteiger partial charge in [-0.15, -0.1) is 23.1 Å². The first-order chi connectivity index (χ1) is 46.9.